The first-order chi connectivity index (χ1) is 4.92. The molecule has 2 nitrogen and oxygen atoms in total. The average Bonchev–Trinajstić information content (AvgIpc) is 2.44. The second-order valence-corrected chi connectivity index (χ2v) is 3.19. The van der Waals surface area contributed by atoms with Crippen LogP contribution in [-0.4, -0.2) is 19.5 Å². The molecule has 2 heteroatoms. The molecular formula is C8H14O2. The lowest BCUT2D eigenvalue weighted by Gasteiger charge is -2.10. The fourth-order valence-electron chi connectivity index (χ4n) is 1.97. The molecule has 0 aromatic heterocycles. The quantitative estimate of drug-likeness (QED) is 0.551. The highest BCUT2D eigenvalue weighted by Gasteiger charge is 2.40. The lowest BCUT2D eigenvalue weighted by atomic mass is 9.91. The molecule has 2 saturated heterocycles. The molecule has 0 saturated carbocycles. The van der Waals surface area contributed by atoms with Crippen molar-refractivity contribution in [2.75, 3.05) is 13.2 Å². The van der Waals surface area contributed by atoms with E-state index in [1.165, 1.54) is 12.8 Å². The zero-order valence-electron chi connectivity index (χ0n) is 6.38. The molecule has 0 aromatic carbocycles. The van der Waals surface area contributed by atoms with Gasteiger partial charge in [-0.3, -0.25) is 0 Å². The van der Waals surface area contributed by atoms with Crippen LogP contribution in [0.5, 0.6) is 0 Å². The minimum atomic E-state index is 0.157. The second-order valence-electron chi connectivity index (χ2n) is 3.19. The fourth-order valence-corrected chi connectivity index (χ4v) is 1.97. The highest BCUT2D eigenvalue weighted by atomic mass is 16.7. The van der Waals surface area contributed by atoms with Gasteiger partial charge in [0.1, 0.15) is 0 Å². The summed E-state index contributed by atoms with van der Waals surface area (Å²) >= 11 is 0. The maximum atomic E-state index is 5.46. The molecule has 2 aliphatic heterocycles. The Balaban J connectivity index is 2.01. The molecule has 0 N–H and O–H groups in total. The van der Waals surface area contributed by atoms with Gasteiger partial charge >= 0.3 is 0 Å². The van der Waals surface area contributed by atoms with Gasteiger partial charge in [-0.1, -0.05) is 13.3 Å². The maximum Gasteiger partial charge on any atom is 0.160 e. The van der Waals surface area contributed by atoms with Crippen LogP contribution >= 0.6 is 0 Å². The Morgan fingerprint density at radius 1 is 1.40 bits per heavy atom. The van der Waals surface area contributed by atoms with Crippen molar-refractivity contribution in [1.29, 1.82) is 0 Å². The summed E-state index contributed by atoms with van der Waals surface area (Å²) in [5, 5.41) is 0. The lowest BCUT2D eigenvalue weighted by Crippen LogP contribution is -2.13. The third-order valence-corrected chi connectivity index (χ3v) is 2.69. The molecule has 58 valence electrons. The van der Waals surface area contributed by atoms with E-state index in [4.69, 9.17) is 9.47 Å². The van der Waals surface area contributed by atoms with E-state index in [1.807, 2.05) is 0 Å². The van der Waals surface area contributed by atoms with Crippen molar-refractivity contribution >= 4 is 0 Å². The predicted octanol–water partition coefficient (Wildman–Crippen LogP) is 1.41. The van der Waals surface area contributed by atoms with Gasteiger partial charge in [-0.2, -0.15) is 0 Å². The van der Waals surface area contributed by atoms with Crippen LogP contribution in [0, 0.1) is 11.8 Å². The Hall–Kier alpha value is -0.0800. The van der Waals surface area contributed by atoms with Crippen molar-refractivity contribution in [3.8, 4) is 0 Å². The third kappa shape index (κ3) is 0.867. The average molecular weight is 142 g/mol. The van der Waals surface area contributed by atoms with Crippen molar-refractivity contribution in [3.63, 3.8) is 0 Å². The normalized spacial score (nSPS) is 45.9. The van der Waals surface area contributed by atoms with Gasteiger partial charge in [0.15, 0.2) is 6.29 Å². The number of hydrogen-bond acceptors (Lipinski definition) is 2. The highest BCUT2D eigenvalue weighted by Crippen LogP contribution is 2.36. The van der Waals surface area contributed by atoms with Crippen molar-refractivity contribution < 1.29 is 9.47 Å². The summed E-state index contributed by atoms with van der Waals surface area (Å²) < 4.78 is 10.8. The molecule has 2 aliphatic rings. The number of fused-ring (bicyclic) bond motifs is 1. The first-order valence-electron chi connectivity index (χ1n) is 4.15. The summed E-state index contributed by atoms with van der Waals surface area (Å²) in [5.41, 5.74) is 0. The van der Waals surface area contributed by atoms with Crippen LogP contribution in [0.1, 0.15) is 19.8 Å². The van der Waals surface area contributed by atoms with Gasteiger partial charge in [0.25, 0.3) is 0 Å². The largest absolute Gasteiger partial charge is 0.352 e. The second kappa shape index (κ2) is 2.51. The van der Waals surface area contributed by atoms with Crippen molar-refractivity contribution in [3.05, 3.63) is 0 Å². The molecule has 2 heterocycles. The van der Waals surface area contributed by atoms with Gasteiger partial charge in [-0.15, -0.1) is 0 Å². The molecule has 0 spiro atoms. The van der Waals surface area contributed by atoms with Gasteiger partial charge < -0.3 is 9.47 Å². The Bertz CT molecular complexity index is 124. The van der Waals surface area contributed by atoms with Crippen LogP contribution < -0.4 is 0 Å². The first-order valence-corrected chi connectivity index (χ1v) is 4.15. The van der Waals surface area contributed by atoms with E-state index in [9.17, 15) is 0 Å². The number of hydrogen-bond donors (Lipinski definition) is 0. The van der Waals surface area contributed by atoms with E-state index < -0.39 is 0 Å². The molecule has 0 amide bonds. The minimum Gasteiger partial charge on any atom is -0.352 e. The molecular weight excluding hydrogens is 128 g/mol. The maximum absolute atomic E-state index is 5.46. The SMILES string of the molecule is CCC1CO[C@H]2OCC[C@@H]12. The van der Waals surface area contributed by atoms with Gasteiger partial charge in [-0.05, 0) is 12.3 Å². The van der Waals surface area contributed by atoms with E-state index in [2.05, 4.69) is 6.92 Å². The summed E-state index contributed by atoms with van der Waals surface area (Å²) in [6.45, 7) is 4.06. The topological polar surface area (TPSA) is 18.5 Å². The third-order valence-electron chi connectivity index (χ3n) is 2.69. The molecule has 2 fully saturated rings. The molecule has 2 rings (SSSR count). The van der Waals surface area contributed by atoms with E-state index in [0.717, 1.165) is 19.1 Å². The van der Waals surface area contributed by atoms with E-state index in [-0.39, 0.29) is 6.29 Å². The fraction of sp³-hybridized carbons (Fsp3) is 1.00. The minimum absolute atomic E-state index is 0.157. The van der Waals surface area contributed by atoms with Crippen LogP contribution in [0.25, 0.3) is 0 Å². The predicted molar refractivity (Wildman–Crippen MR) is 37.6 cm³/mol. The number of rotatable bonds is 1. The standard InChI is InChI=1S/C8H14O2/c1-2-6-5-10-8-7(6)3-4-9-8/h6-8H,2-5H2,1H3/t6?,7-,8+/m0/s1. The highest BCUT2D eigenvalue weighted by molar-refractivity contribution is 4.81. The Morgan fingerprint density at radius 3 is 3.10 bits per heavy atom. The van der Waals surface area contributed by atoms with Crippen LogP contribution in [0.2, 0.25) is 0 Å². The molecule has 0 aliphatic carbocycles. The van der Waals surface area contributed by atoms with E-state index in [1.54, 1.807) is 0 Å². The van der Waals surface area contributed by atoms with Gasteiger partial charge in [0.2, 0.25) is 0 Å². The summed E-state index contributed by atoms with van der Waals surface area (Å²) in [6.07, 6.45) is 2.61. The van der Waals surface area contributed by atoms with Crippen molar-refractivity contribution in [2.24, 2.45) is 11.8 Å². The molecule has 10 heavy (non-hydrogen) atoms. The lowest BCUT2D eigenvalue weighted by molar-refractivity contribution is -0.0905. The van der Waals surface area contributed by atoms with Crippen LogP contribution in [0.15, 0.2) is 0 Å². The van der Waals surface area contributed by atoms with Gasteiger partial charge in [0.05, 0.1) is 13.2 Å². The molecule has 0 bridgehead atoms. The number of ether oxygens (including phenoxy) is 2. The zero-order chi connectivity index (χ0) is 6.97. The van der Waals surface area contributed by atoms with E-state index >= 15 is 0 Å². The summed E-state index contributed by atoms with van der Waals surface area (Å²) in [5.74, 6) is 1.48. The summed E-state index contributed by atoms with van der Waals surface area (Å²) in [6, 6.07) is 0. The molecule has 1 unspecified atom stereocenters. The molecule has 3 atom stereocenters. The first kappa shape index (κ1) is 6.62. The van der Waals surface area contributed by atoms with Crippen LogP contribution in [-0.2, 0) is 9.47 Å². The Kier molecular flexibility index (Phi) is 1.66. The monoisotopic (exact) mass is 142 g/mol. The Labute approximate surface area is 61.5 Å². The van der Waals surface area contributed by atoms with Crippen LogP contribution in [0.4, 0.5) is 0 Å². The molecule has 0 aromatic rings. The summed E-state index contributed by atoms with van der Waals surface area (Å²) in [4.78, 5) is 0. The summed E-state index contributed by atoms with van der Waals surface area (Å²) in [7, 11) is 0. The van der Waals surface area contributed by atoms with Crippen molar-refractivity contribution in [1.82, 2.24) is 0 Å². The van der Waals surface area contributed by atoms with Crippen LogP contribution in [0.3, 0.4) is 0 Å². The Morgan fingerprint density at radius 2 is 2.30 bits per heavy atom. The molecule has 0 radical (unpaired) electrons. The van der Waals surface area contributed by atoms with Gasteiger partial charge in [0, 0.05) is 5.92 Å². The van der Waals surface area contributed by atoms with E-state index in [0.29, 0.717) is 5.92 Å². The van der Waals surface area contributed by atoms with Crippen molar-refractivity contribution in [2.45, 2.75) is 26.1 Å². The smallest absolute Gasteiger partial charge is 0.160 e. The van der Waals surface area contributed by atoms with Gasteiger partial charge in [-0.25, -0.2) is 0 Å². The zero-order valence-corrected chi connectivity index (χ0v) is 6.38.